The fourth-order valence-electron chi connectivity index (χ4n) is 1.87. The van der Waals surface area contributed by atoms with Crippen LogP contribution >= 0.6 is 0 Å². The third-order valence-corrected chi connectivity index (χ3v) is 5.25. The van der Waals surface area contributed by atoms with Gasteiger partial charge >= 0.3 is 0 Å². The summed E-state index contributed by atoms with van der Waals surface area (Å²) in [6.07, 6.45) is 2.18. The molecule has 0 unspecified atom stereocenters. The van der Waals surface area contributed by atoms with E-state index in [9.17, 15) is 8.42 Å². The molecule has 0 aliphatic rings. The van der Waals surface area contributed by atoms with Crippen LogP contribution in [-0.4, -0.2) is 33.4 Å². The highest BCUT2D eigenvalue weighted by Crippen LogP contribution is 2.23. The van der Waals surface area contributed by atoms with Crippen molar-refractivity contribution in [3.8, 4) is 0 Å². The van der Waals surface area contributed by atoms with Gasteiger partial charge in [0.15, 0.2) is 0 Å². The predicted molar refractivity (Wildman–Crippen MR) is 79.9 cm³/mol. The molecule has 1 rings (SSSR count). The Balaban J connectivity index is 2.97. The van der Waals surface area contributed by atoms with E-state index >= 15 is 0 Å². The predicted octanol–water partition coefficient (Wildman–Crippen LogP) is 2.79. The molecule has 0 saturated carbocycles. The summed E-state index contributed by atoms with van der Waals surface area (Å²) in [6.45, 7) is 5.10. The zero-order valence-corrected chi connectivity index (χ0v) is 13.0. The molecular formula is C14H24N2O2S. The molecule has 0 radical (unpaired) electrons. The van der Waals surface area contributed by atoms with Crippen molar-refractivity contribution in [2.45, 2.75) is 31.6 Å². The Labute approximate surface area is 116 Å². The van der Waals surface area contributed by atoms with Crippen molar-refractivity contribution in [3.05, 3.63) is 24.3 Å². The molecule has 0 bridgehead atoms. The molecule has 0 atom stereocenters. The van der Waals surface area contributed by atoms with Gasteiger partial charge < -0.3 is 5.32 Å². The van der Waals surface area contributed by atoms with Crippen LogP contribution in [0.15, 0.2) is 29.2 Å². The van der Waals surface area contributed by atoms with Gasteiger partial charge in [-0.1, -0.05) is 38.8 Å². The standard InChI is InChI=1S/C14H24N2O2S/c1-5-12(6-2)11-15-13-9-7-8-10-14(13)19(17,18)16(3)4/h7-10,12,15H,5-6,11H2,1-4H3. The Hall–Kier alpha value is -1.07. The number of para-hydroxylation sites is 1. The first-order valence-electron chi connectivity index (χ1n) is 6.68. The summed E-state index contributed by atoms with van der Waals surface area (Å²) in [5.41, 5.74) is 0.683. The summed E-state index contributed by atoms with van der Waals surface area (Å²) in [5, 5.41) is 3.27. The van der Waals surface area contributed by atoms with Crippen molar-refractivity contribution < 1.29 is 8.42 Å². The fraction of sp³-hybridized carbons (Fsp3) is 0.571. The highest BCUT2D eigenvalue weighted by atomic mass is 32.2. The molecule has 0 amide bonds. The first-order chi connectivity index (χ1) is 8.93. The molecule has 19 heavy (non-hydrogen) atoms. The lowest BCUT2D eigenvalue weighted by atomic mass is 10.0. The van der Waals surface area contributed by atoms with E-state index in [1.807, 2.05) is 12.1 Å². The summed E-state index contributed by atoms with van der Waals surface area (Å²) in [7, 11) is -0.301. The fourth-order valence-corrected chi connectivity index (χ4v) is 2.93. The highest BCUT2D eigenvalue weighted by Gasteiger charge is 2.20. The lowest BCUT2D eigenvalue weighted by molar-refractivity contribution is 0.515. The van der Waals surface area contributed by atoms with Gasteiger partial charge in [0, 0.05) is 20.6 Å². The number of nitrogens with zero attached hydrogens (tertiary/aromatic N) is 1. The Morgan fingerprint density at radius 1 is 1.16 bits per heavy atom. The highest BCUT2D eigenvalue weighted by molar-refractivity contribution is 7.89. The van der Waals surface area contributed by atoms with Gasteiger partial charge in [-0.2, -0.15) is 0 Å². The first kappa shape index (κ1) is 16.0. The molecule has 1 aromatic carbocycles. The van der Waals surface area contributed by atoms with E-state index in [1.54, 1.807) is 26.2 Å². The summed E-state index contributed by atoms with van der Waals surface area (Å²) < 4.78 is 25.7. The number of nitrogens with one attached hydrogen (secondary N) is 1. The molecule has 0 heterocycles. The molecule has 0 fully saturated rings. The smallest absolute Gasteiger partial charge is 0.244 e. The Bertz CT molecular complexity index is 494. The van der Waals surface area contributed by atoms with Crippen LogP contribution < -0.4 is 5.32 Å². The normalized spacial score (nSPS) is 12.1. The van der Waals surface area contributed by atoms with Gasteiger partial charge in [-0.25, -0.2) is 12.7 Å². The monoisotopic (exact) mass is 284 g/mol. The second-order valence-electron chi connectivity index (χ2n) is 4.85. The van der Waals surface area contributed by atoms with E-state index in [-0.39, 0.29) is 0 Å². The zero-order valence-electron chi connectivity index (χ0n) is 12.2. The maximum absolute atomic E-state index is 12.2. The van der Waals surface area contributed by atoms with Crippen LogP contribution in [0.4, 0.5) is 5.69 Å². The van der Waals surface area contributed by atoms with E-state index in [0.29, 0.717) is 16.5 Å². The summed E-state index contributed by atoms with van der Waals surface area (Å²) in [4.78, 5) is 0.339. The molecule has 1 aromatic rings. The minimum atomic E-state index is -3.40. The Kier molecular flexibility index (Phi) is 5.82. The van der Waals surface area contributed by atoms with E-state index < -0.39 is 10.0 Å². The summed E-state index contributed by atoms with van der Waals surface area (Å²) in [6, 6.07) is 7.06. The van der Waals surface area contributed by atoms with Crippen LogP contribution in [0.1, 0.15) is 26.7 Å². The Morgan fingerprint density at radius 3 is 2.26 bits per heavy atom. The molecule has 0 spiro atoms. The number of hydrogen-bond donors (Lipinski definition) is 1. The molecule has 108 valence electrons. The maximum atomic E-state index is 12.2. The molecule has 5 heteroatoms. The summed E-state index contributed by atoms with van der Waals surface area (Å²) >= 11 is 0. The minimum absolute atomic E-state index is 0.339. The van der Waals surface area contributed by atoms with Gasteiger partial charge in [-0.15, -0.1) is 0 Å². The lowest BCUT2D eigenvalue weighted by Gasteiger charge is -2.18. The number of hydrogen-bond acceptors (Lipinski definition) is 3. The molecule has 1 N–H and O–H groups in total. The maximum Gasteiger partial charge on any atom is 0.244 e. The van der Waals surface area contributed by atoms with Gasteiger partial charge in [0.1, 0.15) is 4.90 Å². The van der Waals surface area contributed by atoms with Crippen molar-refractivity contribution in [2.75, 3.05) is 26.0 Å². The van der Waals surface area contributed by atoms with Gasteiger partial charge in [-0.05, 0) is 18.1 Å². The second-order valence-corrected chi connectivity index (χ2v) is 6.97. The van der Waals surface area contributed by atoms with Crippen molar-refractivity contribution >= 4 is 15.7 Å². The van der Waals surface area contributed by atoms with Crippen molar-refractivity contribution in [1.29, 1.82) is 0 Å². The number of rotatable bonds is 7. The number of sulfonamides is 1. The zero-order chi connectivity index (χ0) is 14.5. The van der Waals surface area contributed by atoms with Crippen LogP contribution in [-0.2, 0) is 10.0 Å². The average molecular weight is 284 g/mol. The molecule has 4 nitrogen and oxygen atoms in total. The van der Waals surface area contributed by atoms with Crippen LogP contribution in [0.3, 0.4) is 0 Å². The SMILES string of the molecule is CCC(CC)CNc1ccccc1S(=O)(=O)N(C)C. The van der Waals surface area contributed by atoms with Gasteiger partial charge in [0.25, 0.3) is 0 Å². The topological polar surface area (TPSA) is 49.4 Å². The number of benzene rings is 1. The summed E-state index contributed by atoms with van der Waals surface area (Å²) in [5.74, 6) is 0.565. The Morgan fingerprint density at radius 2 is 1.74 bits per heavy atom. The van der Waals surface area contributed by atoms with E-state index in [4.69, 9.17) is 0 Å². The lowest BCUT2D eigenvalue weighted by Crippen LogP contribution is -2.24. The van der Waals surface area contributed by atoms with E-state index in [1.165, 1.54) is 4.31 Å². The quantitative estimate of drug-likeness (QED) is 0.837. The van der Waals surface area contributed by atoms with Gasteiger partial charge in [-0.3, -0.25) is 0 Å². The van der Waals surface area contributed by atoms with Gasteiger partial charge in [0.2, 0.25) is 10.0 Å². The largest absolute Gasteiger partial charge is 0.384 e. The average Bonchev–Trinajstić information content (AvgIpc) is 2.40. The molecule has 0 aromatic heterocycles. The van der Waals surface area contributed by atoms with Crippen molar-refractivity contribution in [1.82, 2.24) is 4.31 Å². The van der Waals surface area contributed by atoms with Crippen molar-refractivity contribution in [3.63, 3.8) is 0 Å². The first-order valence-corrected chi connectivity index (χ1v) is 8.12. The van der Waals surface area contributed by atoms with Gasteiger partial charge in [0.05, 0.1) is 5.69 Å². The third-order valence-electron chi connectivity index (χ3n) is 3.38. The molecular weight excluding hydrogens is 260 g/mol. The molecule has 0 saturated heterocycles. The van der Waals surface area contributed by atoms with Crippen LogP contribution in [0, 0.1) is 5.92 Å². The van der Waals surface area contributed by atoms with E-state index in [2.05, 4.69) is 19.2 Å². The van der Waals surface area contributed by atoms with Crippen LogP contribution in [0.5, 0.6) is 0 Å². The molecule has 0 aliphatic carbocycles. The van der Waals surface area contributed by atoms with Crippen LogP contribution in [0.2, 0.25) is 0 Å². The molecule has 0 aliphatic heterocycles. The minimum Gasteiger partial charge on any atom is -0.384 e. The number of anilines is 1. The van der Waals surface area contributed by atoms with Crippen LogP contribution in [0.25, 0.3) is 0 Å². The third kappa shape index (κ3) is 3.94. The van der Waals surface area contributed by atoms with E-state index in [0.717, 1.165) is 19.4 Å². The second kappa shape index (κ2) is 6.91. The van der Waals surface area contributed by atoms with Crippen molar-refractivity contribution in [2.24, 2.45) is 5.92 Å².